The van der Waals surface area contributed by atoms with Gasteiger partial charge < -0.3 is 23.7 Å². The molecule has 3 aromatic carbocycles. The van der Waals surface area contributed by atoms with E-state index in [1.807, 2.05) is 54.6 Å². The van der Waals surface area contributed by atoms with Crippen molar-refractivity contribution in [3.63, 3.8) is 0 Å². The number of ether oxygens (including phenoxy) is 5. The Labute approximate surface area is 208 Å². The van der Waals surface area contributed by atoms with Crippen LogP contribution in [0.4, 0.5) is 0 Å². The van der Waals surface area contributed by atoms with Crippen molar-refractivity contribution in [1.82, 2.24) is 0 Å². The molecule has 1 fully saturated rings. The Morgan fingerprint density at radius 1 is 0.657 bits per heavy atom. The lowest BCUT2D eigenvalue weighted by atomic mass is 9.86. The Morgan fingerprint density at radius 2 is 1.14 bits per heavy atom. The summed E-state index contributed by atoms with van der Waals surface area (Å²) in [6, 6.07) is 30.6. The van der Waals surface area contributed by atoms with Crippen LogP contribution in [0.25, 0.3) is 0 Å². The highest BCUT2D eigenvalue weighted by Crippen LogP contribution is 2.34. The van der Waals surface area contributed by atoms with Crippen molar-refractivity contribution in [2.24, 2.45) is 5.92 Å². The zero-order chi connectivity index (χ0) is 24.3. The van der Waals surface area contributed by atoms with Crippen molar-refractivity contribution in [2.75, 3.05) is 13.7 Å². The molecule has 0 saturated carbocycles. The summed E-state index contributed by atoms with van der Waals surface area (Å²) in [5.74, 6) is 0.0988. The molecule has 5 nitrogen and oxygen atoms in total. The summed E-state index contributed by atoms with van der Waals surface area (Å²) in [5.41, 5.74) is 3.37. The topological polar surface area (TPSA) is 46.2 Å². The van der Waals surface area contributed by atoms with Gasteiger partial charge in [0.05, 0.1) is 38.6 Å². The van der Waals surface area contributed by atoms with Crippen LogP contribution in [-0.2, 0) is 43.5 Å². The van der Waals surface area contributed by atoms with Crippen molar-refractivity contribution >= 4 is 0 Å². The maximum Gasteiger partial charge on any atom is 0.186 e. The summed E-state index contributed by atoms with van der Waals surface area (Å²) in [6.45, 7) is 4.13. The fourth-order valence-electron chi connectivity index (χ4n) is 4.60. The fourth-order valence-corrected chi connectivity index (χ4v) is 4.60. The van der Waals surface area contributed by atoms with Crippen molar-refractivity contribution in [3.8, 4) is 0 Å². The Bertz CT molecular complexity index is 966. The molecule has 1 aliphatic heterocycles. The largest absolute Gasteiger partial charge is 0.374 e. The standard InChI is InChI=1S/C30H36O5/c1-3-26-27(22-32-19-23-13-7-4-8-14-23)35-30(31-2)29(34-21-25-17-11-6-12-18-25)28(26)33-20-24-15-9-5-10-16-24/h4-18,26-30H,3,19-22H2,1-2H3/t26-,27?,28?,29?,30-/m0/s1. The van der Waals surface area contributed by atoms with Gasteiger partial charge >= 0.3 is 0 Å². The van der Waals surface area contributed by atoms with Crippen LogP contribution < -0.4 is 0 Å². The van der Waals surface area contributed by atoms with Crippen LogP contribution in [0.2, 0.25) is 0 Å². The third-order valence-corrected chi connectivity index (χ3v) is 6.47. The highest BCUT2D eigenvalue weighted by Gasteiger charge is 2.47. The van der Waals surface area contributed by atoms with Crippen molar-refractivity contribution in [1.29, 1.82) is 0 Å². The molecule has 4 rings (SSSR count). The third-order valence-electron chi connectivity index (χ3n) is 6.47. The van der Waals surface area contributed by atoms with Crippen LogP contribution in [0.15, 0.2) is 91.0 Å². The average molecular weight is 477 g/mol. The molecular weight excluding hydrogens is 440 g/mol. The molecule has 0 aliphatic carbocycles. The normalized spacial score (nSPS) is 24.3. The van der Waals surface area contributed by atoms with E-state index in [9.17, 15) is 0 Å². The molecule has 1 saturated heterocycles. The Hall–Kier alpha value is -2.54. The summed E-state index contributed by atoms with van der Waals surface area (Å²) in [6.07, 6.45) is -0.397. The lowest BCUT2D eigenvalue weighted by Crippen LogP contribution is -2.57. The molecule has 0 bridgehead atoms. The van der Waals surface area contributed by atoms with Crippen LogP contribution in [0.1, 0.15) is 30.0 Å². The maximum absolute atomic E-state index is 6.56. The lowest BCUT2D eigenvalue weighted by Gasteiger charge is -2.45. The van der Waals surface area contributed by atoms with Crippen LogP contribution >= 0.6 is 0 Å². The van der Waals surface area contributed by atoms with Gasteiger partial charge in [-0.1, -0.05) is 97.9 Å². The van der Waals surface area contributed by atoms with E-state index in [1.54, 1.807) is 7.11 Å². The minimum atomic E-state index is -0.549. The van der Waals surface area contributed by atoms with E-state index in [4.69, 9.17) is 23.7 Å². The van der Waals surface area contributed by atoms with Crippen LogP contribution in [0, 0.1) is 5.92 Å². The first kappa shape index (κ1) is 25.5. The van der Waals surface area contributed by atoms with Crippen molar-refractivity contribution in [2.45, 2.75) is 57.8 Å². The van der Waals surface area contributed by atoms with E-state index in [2.05, 4.69) is 43.3 Å². The van der Waals surface area contributed by atoms with E-state index in [0.717, 1.165) is 23.1 Å². The molecule has 1 heterocycles. The summed E-state index contributed by atoms with van der Waals surface area (Å²) in [7, 11) is 1.66. The highest BCUT2D eigenvalue weighted by atomic mass is 16.7. The first-order chi connectivity index (χ1) is 17.3. The second-order valence-corrected chi connectivity index (χ2v) is 8.87. The lowest BCUT2D eigenvalue weighted by molar-refractivity contribution is -0.305. The Kier molecular flexibility index (Phi) is 9.87. The number of benzene rings is 3. The minimum absolute atomic E-state index is 0.0988. The molecule has 0 spiro atoms. The first-order valence-electron chi connectivity index (χ1n) is 12.4. The minimum Gasteiger partial charge on any atom is -0.374 e. The molecule has 186 valence electrons. The second kappa shape index (κ2) is 13.5. The van der Waals surface area contributed by atoms with Crippen molar-refractivity contribution < 1.29 is 23.7 Å². The summed E-state index contributed by atoms with van der Waals surface area (Å²) in [5, 5.41) is 0. The van der Waals surface area contributed by atoms with Gasteiger partial charge in [0, 0.05) is 13.0 Å². The molecule has 35 heavy (non-hydrogen) atoms. The van der Waals surface area contributed by atoms with E-state index in [0.29, 0.717) is 26.4 Å². The van der Waals surface area contributed by atoms with E-state index >= 15 is 0 Å². The van der Waals surface area contributed by atoms with E-state index in [1.165, 1.54) is 0 Å². The Morgan fingerprint density at radius 3 is 1.63 bits per heavy atom. The summed E-state index contributed by atoms with van der Waals surface area (Å²) in [4.78, 5) is 0. The van der Waals surface area contributed by atoms with E-state index < -0.39 is 6.29 Å². The van der Waals surface area contributed by atoms with Gasteiger partial charge in [-0.05, 0) is 23.1 Å². The van der Waals surface area contributed by atoms with Crippen LogP contribution in [0.5, 0.6) is 0 Å². The number of methoxy groups -OCH3 is 1. The quantitative estimate of drug-likeness (QED) is 0.332. The van der Waals surface area contributed by atoms with E-state index in [-0.39, 0.29) is 24.2 Å². The predicted octanol–water partition coefficient (Wildman–Crippen LogP) is 5.77. The van der Waals surface area contributed by atoms with Gasteiger partial charge in [0.15, 0.2) is 6.29 Å². The second-order valence-electron chi connectivity index (χ2n) is 8.87. The molecule has 0 aromatic heterocycles. The third kappa shape index (κ3) is 7.23. The molecule has 5 atom stereocenters. The first-order valence-corrected chi connectivity index (χ1v) is 12.4. The molecule has 0 amide bonds. The predicted molar refractivity (Wildman–Crippen MR) is 136 cm³/mol. The fraction of sp³-hybridized carbons (Fsp3) is 0.400. The van der Waals surface area contributed by atoms with Gasteiger partial charge in [-0.3, -0.25) is 0 Å². The summed E-state index contributed by atoms with van der Waals surface area (Å²) < 4.78 is 31.2. The highest BCUT2D eigenvalue weighted by molar-refractivity contribution is 5.15. The molecular formula is C30H36O5. The molecule has 1 aliphatic rings. The van der Waals surface area contributed by atoms with Crippen LogP contribution in [0.3, 0.4) is 0 Å². The molecule has 0 radical (unpaired) electrons. The van der Waals surface area contributed by atoms with Gasteiger partial charge in [-0.15, -0.1) is 0 Å². The van der Waals surface area contributed by atoms with Crippen LogP contribution in [-0.4, -0.2) is 38.3 Å². The molecule has 3 unspecified atom stereocenters. The number of hydrogen-bond acceptors (Lipinski definition) is 5. The van der Waals surface area contributed by atoms with Gasteiger partial charge in [0.2, 0.25) is 0 Å². The van der Waals surface area contributed by atoms with Gasteiger partial charge in [-0.25, -0.2) is 0 Å². The van der Waals surface area contributed by atoms with Gasteiger partial charge in [0.1, 0.15) is 6.10 Å². The monoisotopic (exact) mass is 476 g/mol. The van der Waals surface area contributed by atoms with Crippen molar-refractivity contribution in [3.05, 3.63) is 108 Å². The number of rotatable bonds is 12. The van der Waals surface area contributed by atoms with Gasteiger partial charge in [0.25, 0.3) is 0 Å². The smallest absolute Gasteiger partial charge is 0.186 e. The molecule has 3 aromatic rings. The summed E-state index contributed by atoms with van der Waals surface area (Å²) >= 11 is 0. The molecule has 5 heteroatoms. The SMILES string of the molecule is CC[C@H]1C(COCc2ccccc2)O[C@H](OC)C(OCc2ccccc2)C1OCc1ccccc1. The zero-order valence-electron chi connectivity index (χ0n) is 20.6. The Balaban J connectivity index is 1.48. The average Bonchev–Trinajstić information content (AvgIpc) is 2.92. The zero-order valence-corrected chi connectivity index (χ0v) is 20.6. The van der Waals surface area contributed by atoms with Gasteiger partial charge in [-0.2, -0.15) is 0 Å². The maximum atomic E-state index is 6.56. The molecule has 0 N–H and O–H groups in total. The number of hydrogen-bond donors (Lipinski definition) is 0.